The highest BCUT2D eigenvalue weighted by atomic mass is 14.9. The molecule has 0 saturated heterocycles. The van der Waals surface area contributed by atoms with Crippen LogP contribution in [0.3, 0.4) is 0 Å². The van der Waals surface area contributed by atoms with E-state index < -0.39 is 0 Å². The van der Waals surface area contributed by atoms with Crippen molar-refractivity contribution in [1.82, 2.24) is 19.9 Å². The lowest BCUT2D eigenvalue weighted by Crippen LogP contribution is -2.00. The fourth-order valence-corrected chi connectivity index (χ4v) is 7.03. The molecule has 3 heterocycles. The summed E-state index contributed by atoms with van der Waals surface area (Å²) in [4.78, 5) is 20.0. The Morgan fingerprint density at radius 3 is 2.04 bits per heavy atom. The van der Waals surface area contributed by atoms with Gasteiger partial charge in [0.15, 0.2) is 5.82 Å². The molecule has 8 aromatic rings. The third kappa shape index (κ3) is 5.28. The van der Waals surface area contributed by atoms with Gasteiger partial charge in [0.2, 0.25) is 0 Å². The zero-order valence-electron chi connectivity index (χ0n) is 27.1. The number of para-hydroxylation sites is 1. The molecule has 1 unspecified atom stereocenters. The van der Waals surface area contributed by atoms with Crippen molar-refractivity contribution in [3.63, 3.8) is 0 Å². The Balaban J connectivity index is 1.15. The summed E-state index contributed by atoms with van der Waals surface area (Å²) in [5, 5.41) is 3.28. The highest BCUT2D eigenvalue weighted by Gasteiger charge is 2.17. The van der Waals surface area contributed by atoms with Gasteiger partial charge in [0.25, 0.3) is 0 Å². The van der Waals surface area contributed by atoms with Crippen molar-refractivity contribution in [1.29, 1.82) is 0 Å². The summed E-state index contributed by atoms with van der Waals surface area (Å²) in [6.07, 6.45) is 9.55. The van der Waals surface area contributed by atoms with Crippen molar-refractivity contribution in [2.24, 2.45) is 5.92 Å². The lowest BCUT2D eigenvalue weighted by molar-refractivity contribution is 0.758. The van der Waals surface area contributed by atoms with Gasteiger partial charge in [0, 0.05) is 44.6 Å². The van der Waals surface area contributed by atoms with Gasteiger partial charge in [-0.15, -0.1) is 0 Å². The lowest BCUT2D eigenvalue weighted by atomic mass is 9.88. The summed E-state index contributed by atoms with van der Waals surface area (Å²) in [6, 6.07) is 46.6. The molecule has 0 aliphatic heterocycles. The molecule has 0 saturated carbocycles. The fourth-order valence-electron chi connectivity index (χ4n) is 7.03. The van der Waals surface area contributed by atoms with Crippen LogP contribution in [0.1, 0.15) is 18.9 Å². The highest BCUT2D eigenvalue weighted by Crippen LogP contribution is 2.38. The van der Waals surface area contributed by atoms with Crippen molar-refractivity contribution in [2.75, 3.05) is 0 Å². The second-order valence-corrected chi connectivity index (χ2v) is 12.7. The Morgan fingerprint density at radius 2 is 1.24 bits per heavy atom. The van der Waals surface area contributed by atoms with Crippen molar-refractivity contribution < 1.29 is 0 Å². The van der Waals surface area contributed by atoms with E-state index in [1.165, 1.54) is 11.1 Å². The molecule has 4 nitrogen and oxygen atoms in total. The van der Waals surface area contributed by atoms with Crippen LogP contribution in [0.4, 0.5) is 0 Å². The van der Waals surface area contributed by atoms with Gasteiger partial charge in [-0.1, -0.05) is 140 Å². The number of hydrogen-bond acceptors (Lipinski definition) is 4. The average molecular weight is 629 g/mol. The molecule has 3 aromatic heterocycles. The van der Waals surface area contributed by atoms with E-state index in [0.29, 0.717) is 11.7 Å². The SMILES string of the molecule is CC1CC=CC=C1c1ccc(-c2cc(-c3ccccc3)nc(-c3ccc(-c4c5ccccc5nc5c4ccc4cccnc45)cc3)n2)cc1. The third-order valence-electron chi connectivity index (χ3n) is 9.60. The topological polar surface area (TPSA) is 51.6 Å². The van der Waals surface area contributed by atoms with Crippen LogP contribution in [0.25, 0.3) is 83.3 Å². The molecule has 0 radical (unpaired) electrons. The summed E-state index contributed by atoms with van der Waals surface area (Å²) in [5.41, 5.74) is 12.6. The molecular weight excluding hydrogens is 597 g/mol. The van der Waals surface area contributed by atoms with Crippen LogP contribution in [-0.4, -0.2) is 19.9 Å². The first-order valence-electron chi connectivity index (χ1n) is 16.8. The van der Waals surface area contributed by atoms with Crippen molar-refractivity contribution >= 4 is 38.3 Å². The zero-order valence-corrected chi connectivity index (χ0v) is 27.1. The molecule has 5 aromatic carbocycles. The van der Waals surface area contributed by atoms with E-state index in [1.54, 1.807) is 0 Å². The number of benzene rings is 5. The molecule has 4 heteroatoms. The molecule has 0 N–H and O–H groups in total. The summed E-state index contributed by atoms with van der Waals surface area (Å²) in [7, 11) is 0. The van der Waals surface area contributed by atoms with Gasteiger partial charge in [0.1, 0.15) is 0 Å². The third-order valence-corrected chi connectivity index (χ3v) is 9.60. The van der Waals surface area contributed by atoms with E-state index in [1.807, 2.05) is 24.4 Å². The Kier molecular flexibility index (Phi) is 7.13. The molecule has 9 rings (SSSR count). The number of aromatic nitrogens is 4. The quantitative estimate of drug-likeness (QED) is 0.141. The standard InChI is InChI=1S/C45H32N4/c1-29-10-5-6-14-36(29)30-17-19-32(20-18-30)41-28-40(31-11-3-2-4-12-31)48-45(49-41)35-23-21-33(22-24-35)42-37-15-7-8-16-39(37)47-44-38(42)26-25-34-13-9-27-46-43(34)44/h2-9,11-29H,10H2,1H3. The predicted octanol–water partition coefficient (Wildman–Crippen LogP) is 11.4. The largest absolute Gasteiger partial charge is 0.254 e. The van der Waals surface area contributed by atoms with Crippen LogP contribution in [-0.2, 0) is 0 Å². The Morgan fingerprint density at radius 1 is 0.551 bits per heavy atom. The van der Waals surface area contributed by atoms with Gasteiger partial charge in [0.05, 0.1) is 27.9 Å². The zero-order chi connectivity index (χ0) is 32.7. The number of nitrogens with zero attached hydrogens (tertiary/aromatic N) is 4. The second-order valence-electron chi connectivity index (χ2n) is 12.7. The minimum absolute atomic E-state index is 0.508. The first-order valence-corrected chi connectivity index (χ1v) is 16.8. The Labute approximate surface area is 285 Å². The van der Waals surface area contributed by atoms with Gasteiger partial charge in [-0.2, -0.15) is 0 Å². The highest BCUT2D eigenvalue weighted by molar-refractivity contribution is 6.15. The number of fused-ring (bicyclic) bond motifs is 4. The number of rotatable bonds is 5. The minimum Gasteiger partial charge on any atom is -0.254 e. The molecule has 1 aliphatic rings. The van der Waals surface area contributed by atoms with Crippen molar-refractivity contribution in [3.8, 4) is 45.0 Å². The van der Waals surface area contributed by atoms with Gasteiger partial charge < -0.3 is 0 Å². The molecule has 0 amide bonds. The van der Waals surface area contributed by atoms with E-state index in [0.717, 1.165) is 78.3 Å². The monoisotopic (exact) mass is 628 g/mol. The molecule has 232 valence electrons. The van der Waals surface area contributed by atoms with E-state index in [9.17, 15) is 0 Å². The first kappa shape index (κ1) is 28.9. The number of pyridine rings is 2. The van der Waals surface area contributed by atoms with Crippen LogP contribution >= 0.6 is 0 Å². The maximum absolute atomic E-state index is 5.14. The minimum atomic E-state index is 0.508. The Bertz CT molecular complexity index is 2570. The van der Waals surface area contributed by atoms with Gasteiger partial charge in [-0.3, -0.25) is 4.98 Å². The molecular formula is C45H32N4. The summed E-state index contributed by atoms with van der Waals surface area (Å²) < 4.78 is 0. The van der Waals surface area contributed by atoms with Gasteiger partial charge >= 0.3 is 0 Å². The van der Waals surface area contributed by atoms with E-state index >= 15 is 0 Å². The average Bonchev–Trinajstić information content (AvgIpc) is 3.17. The second kappa shape index (κ2) is 12.1. The van der Waals surface area contributed by atoms with Crippen molar-refractivity contribution in [3.05, 3.63) is 163 Å². The molecule has 49 heavy (non-hydrogen) atoms. The number of hydrogen-bond donors (Lipinski definition) is 0. The molecule has 0 fully saturated rings. The summed E-state index contributed by atoms with van der Waals surface area (Å²) in [5.74, 6) is 1.20. The predicted molar refractivity (Wildman–Crippen MR) is 203 cm³/mol. The maximum atomic E-state index is 5.14. The molecule has 0 bridgehead atoms. The molecule has 1 aliphatic carbocycles. The molecule has 0 spiro atoms. The normalized spacial score (nSPS) is 14.4. The van der Waals surface area contributed by atoms with Crippen LogP contribution in [0, 0.1) is 5.92 Å². The van der Waals surface area contributed by atoms with Crippen LogP contribution in [0.2, 0.25) is 0 Å². The van der Waals surface area contributed by atoms with Crippen LogP contribution in [0.5, 0.6) is 0 Å². The van der Waals surface area contributed by atoms with E-state index in [-0.39, 0.29) is 0 Å². The maximum Gasteiger partial charge on any atom is 0.160 e. The number of allylic oxidation sites excluding steroid dienone is 4. The lowest BCUT2D eigenvalue weighted by Gasteiger charge is -2.18. The Hall–Kier alpha value is -6.26. The van der Waals surface area contributed by atoms with Gasteiger partial charge in [-0.05, 0) is 47.2 Å². The fraction of sp³-hybridized carbons (Fsp3) is 0.0667. The van der Waals surface area contributed by atoms with E-state index in [2.05, 4.69) is 140 Å². The molecule has 1 atom stereocenters. The van der Waals surface area contributed by atoms with Crippen LogP contribution in [0.15, 0.2) is 158 Å². The smallest absolute Gasteiger partial charge is 0.160 e. The van der Waals surface area contributed by atoms with Gasteiger partial charge in [-0.25, -0.2) is 15.0 Å². The van der Waals surface area contributed by atoms with Crippen molar-refractivity contribution in [2.45, 2.75) is 13.3 Å². The van der Waals surface area contributed by atoms with E-state index in [4.69, 9.17) is 19.9 Å². The van der Waals surface area contributed by atoms with Crippen LogP contribution < -0.4 is 0 Å². The first-order chi connectivity index (χ1) is 24.2. The summed E-state index contributed by atoms with van der Waals surface area (Å²) in [6.45, 7) is 2.29. The summed E-state index contributed by atoms with van der Waals surface area (Å²) >= 11 is 0.